The fourth-order valence-corrected chi connectivity index (χ4v) is 6.91. The molecule has 0 saturated heterocycles. The summed E-state index contributed by atoms with van der Waals surface area (Å²) >= 11 is 0. The van der Waals surface area contributed by atoms with Gasteiger partial charge in [0.15, 0.2) is 6.10 Å². The lowest BCUT2D eigenvalue weighted by atomic mass is 10.0. The summed E-state index contributed by atoms with van der Waals surface area (Å²) in [5, 5.41) is 0. The molecule has 6 nitrogen and oxygen atoms in total. The largest absolute Gasteiger partial charge is 0.462 e. The monoisotopic (exact) mass is 763 g/mol. The number of carbonyl (C=O) groups excluding carboxylic acids is 3. The van der Waals surface area contributed by atoms with E-state index in [-0.39, 0.29) is 31.1 Å². The van der Waals surface area contributed by atoms with Crippen molar-refractivity contribution in [2.45, 2.75) is 264 Å². The van der Waals surface area contributed by atoms with Crippen molar-refractivity contribution in [2.24, 2.45) is 0 Å². The van der Waals surface area contributed by atoms with Crippen LogP contribution in [0.4, 0.5) is 0 Å². The standard InChI is InChI=1S/C48H90O6/c1-4-7-10-13-16-19-21-23-25-26-29-32-35-38-41-47(50)53-44-45(43-52-46(49)40-37-34-31-28-18-15-12-9-6-3)54-48(51)42-39-36-33-30-27-24-22-20-17-14-11-8-5-2/h20,22,45H,4-19,21,23-44H2,1-3H3/b22-20-/t45-/m1/s1. The number of carbonyl (C=O) groups is 3. The first kappa shape index (κ1) is 52.2. The third-order valence-corrected chi connectivity index (χ3v) is 10.5. The summed E-state index contributed by atoms with van der Waals surface area (Å²) in [6, 6.07) is 0. The SMILES string of the molecule is CCCCCC/C=C\CCCCCCCC(=O)O[C@H](COC(=O)CCCCCCCCCCC)COC(=O)CCCCCCCCCCCCCCCC. The van der Waals surface area contributed by atoms with Gasteiger partial charge in [-0.1, -0.05) is 206 Å². The van der Waals surface area contributed by atoms with Crippen molar-refractivity contribution in [1.29, 1.82) is 0 Å². The molecule has 0 fully saturated rings. The van der Waals surface area contributed by atoms with Crippen LogP contribution in [0.15, 0.2) is 12.2 Å². The zero-order chi connectivity index (χ0) is 39.4. The zero-order valence-electron chi connectivity index (χ0n) is 36.3. The van der Waals surface area contributed by atoms with Crippen LogP contribution in [0.1, 0.15) is 258 Å². The highest BCUT2D eigenvalue weighted by Gasteiger charge is 2.19. The van der Waals surface area contributed by atoms with E-state index in [2.05, 4.69) is 32.9 Å². The van der Waals surface area contributed by atoms with E-state index in [1.54, 1.807) is 0 Å². The van der Waals surface area contributed by atoms with Crippen molar-refractivity contribution < 1.29 is 28.6 Å². The smallest absolute Gasteiger partial charge is 0.306 e. The topological polar surface area (TPSA) is 78.9 Å². The Hall–Kier alpha value is -1.85. The number of unbranched alkanes of at least 4 members (excludes halogenated alkanes) is 30. The maximum Gasteiger partial charge on any atom is 0.306 e. The molecule has 0 aromatic carbocycles. The Morgan fingerprint density at radius 2 is 0.611 bits per heavy atom. The van der Waals surface area contributed by atoms with Crippen LogP contribution in [0.5, 0.6) is 0 Å². The molecule has 0 saturated carbocycles. The second kappa shape index (κ2) is 43.9. The van der Waals surface area contributed by atoms with Gasteiger partial charge < -0.3 is 14.2 Å². The number of esters is 3. The van der Waals surface area contributed by atoms with Gasteiger partial charge in [-0.3, -0.25) is 14.4 Å². The predicted molar refractivity (Wildman–Crippen MR) is 229 cm³/mol. The van der Waals surface area contributed by atoms with Crippen LogP contribution in [-0.2, 0) is 28.6 Å². The average molecular weight is 763 g/mol. The summed E-state index contributed by atoms with van der Waals surface area (Å²) in [6.07, 6.45) is 46.2. The lowest BCUT2D eigenvalue weighted by molar-refractivity contribution is -0.167. The van der Waals surface area contributed by atoms with Gasteiger partial charge in [-0.2, -0.15) is 0 Å². The van der Waals surface area contributed by atoms with E-state index in [9.17, 15) is 14.4 Å². The third kappa shape index (κ3) is 41.3. The molecule has 54 heavy (non-hydrogen) atoms. The molecule has 6 heteroatoms. The molecule has 0 aliphatic heterocycles. The first-order valence-electron chi connectivity index (χ1n) is 23.7. The Labute approximate surface area is 335 Å². The number of ether oxygens (including phenoxy) is 3. The summed E-state index contributed by atoms with van der Waals surface area (Å²) in [5.41, 5.74) is 0. The molecule has 0 unspecified atom stereocenters. The molecule has 1 atom stereocenters. The van der Waals surface area contributed by atoms with Crippen LogP contribution in [0.25, 0.3) is 0 Å². The predicted octanol–water partition coefficient (Wildman–Crippen LogP) is 15.0. The van der Waals surface area contributed by atoms with Crippen LogP contribution in [0.2, 0.25) is 0 Å². The molecule has 0 aliphatic carbocycles. The van der Waals surface area contributed by atoms with E-state index in [4.69, 9.17) is 14.2 Å². The van der Waals surface area contributed by atoms with Gasteiger partial charge in [0.1, 0.15) is 13.2 Å². The van der Waals surface area contributed by atoms with E-state index < -0.39 is 6.10 Å². The van der Waals surface area contributed by atoms with E-state index >= 15 is 0 Å². The summed E-state index contributed by atoms with van der Waals surface area (Å²) < 4.78 is 16.7. The summed E-state index contributed by atoms with van der Waals surface area (Å²) in [4.78, 5) is 37.7. The van der Waals surface area contributed by atoms with Gasteiger partial charge in [0.05, 0.1) is 0 Å². The Bertz CT molecular complexity index is 839. The highest BCUT2D eigenvalue weighted by molar-refractivity contribution is 5.71. The minimum absolute atomic E-state index is 0.0688. The molecule has 0 aliphatic rings. The van der Waals surface area contributed by atoms with Gasteiger partial charge in [0.25, 0.3) is 0 Å². The van der Waals surface area contributed by atoms with Gasteiger partial charge in [-0.15, -0.1) is 0 Å². The lowest BCUT2D eigenvalue weighted by Gasteiger charge is -2.18. The molecule has 0 amide bonds. The molecule has 0 aromatic heterocycles. The van der Waals surface area contributed by atoms with Crippen molar-refractivity contribution >= 4 is 17.9 Å². The van der Waals surface area contributed by atoms with Crippen LogP contribution < -0.4 is 0 Å². The first-order chi connectivity index (χ1) is 26.5. The summed E-state index contributed by atoms with van der Waals surface area (Å²) in [7, 11) is 0. The van der Waals surface area contributed by atoms with Crippen molar-refractivity contribution in [3.8, 4) is 0 Å². The summed E-state index contributed by atoms with van der Waals surface area (Å²) in [6.45, 7) is 6.61. The Kier molecular flexibility index (Phi) is 42.4. The van der Waals surface area contributed by atoms with Crippen molar-refractivity contribution in [3.05, 3.63) is 12.2 Å². The lowest BCUT2D eigenvalue weighted by Crippen LogP contribution is -2.30. The fraction of sp³-hybridized carbons (Fsp3) is 0.896. The maximum atomic E-state index is 12.7. The fourth-order valence-electron chi connectivity index (χ4n) is 6.91. The number of hydrogen-bond donors (Lipinski definition) is 0. The van der Waals surface area contributed by atoms with E-state index in [0.717, 1.165) is 64.2 Å². The molecule has 0 rings (SSSR count). The number of allylic oxidation sites excluding steroid dienone is 2. The van der Waals surface area contributed by atoms with Gasteiger partial charge in [0.2, 0.25) is 0 Å². The van der Waals surface area contributed by atoms with E-state index in [1.807, 2.05) is 0 Å². The minimum Gasteiger partial charge on any atom is -0.462 e. The zero-order valence-corrected chi connectivity index (χ0v) is 36.3. The van der Waals surface area contributed by atoms with E-state index in [1.165, 1.54) is 154 Å². The second-order valence-corrected chi connectivity index (χ2v) is 16.0. The molecule has 0 bridgehead atoms. The quantitative estimate of drug-likeness (QED) is 0.0266. The molecular formula is C48H90O6. The molecular weight excluding hydrogens is 673 g/mol. The van der Waals surface area contributed by atoms with Crippen molar-refractivity contribution in [2.75, 3.05) is 13.2 Å². The van der Waals surface area contributed by atoms with Gasteiger partial charge in [-0.05, 0) is 44.9 Å². The molecule has 0 spiro atoms. The van der Waals surface area contributed by atoms with Crippen LogP contribution in [0.3, 0.4) is 0 Å². The Morgan fingerprint density at radius 1 is 0.352 bits per heavy atom. The number of rotatable bonds is 43. The molecule has 0 aromatic rings. The Morgan fingerprint density at radius 3 is 0.944 bits per heavy atom. The second-order valence-electron chi connectivity index (χ2n) is 16.0. The average Bonchev–Trinajstić information content (AvgIpc) is 3.17. The maximum absolute atomic E-state index is 12.7. The third-order valence-electron chi connectivity index (χ3n) is 10.5. The minimum atomic E-state index is -0.765. The van der Waals surface area contributed by atoms with Gasteiger partial charge in [0, 0.05) is 19.3 Å². The molecule has 0 heterocycles. The van der Waals surface area contributed by atoms with E-state index in [0.29, 0.717) is 19.3 Å². The highest BCUT2D eigenvalue weighted by atomic mass is 16.6. The molecule has 0 radical (unpaired) electrons. The van der Waals surface area contributed by atoms with Crippen LogP contribution in [0, 0.1) is 0 Å². The summed E-state index contributed by atoms with van der Waals surface area (Å²) in [5.74, 6) is -0.870. The Balaban J connectivity index is 4.32. The van der Waals surface area contributed by atoms with Crippen LogP contribution in [-0.4, -0.2) is 37.2 Å². The van der Waals surface area contributed by atoms with Gasteiger partial charge >= 0.3 is 17.9 Å². The molecule has 318 valence electrons. The normalized spacial score (nSPS) is 12.0. The van der Waals surface area contributed by atoms with Gasteiger partial charge in [-0.25, -0.2) is 0 Å². The van der Waals surface area contributed by atoms with Crippen molar-refractivity contribution in [3.63, 3.8) is 0 Å². The first-order valence-corrected chi connectivity index (χ1v) is 23.7. The highest BCUT2D eigenvalue weighted by Crippen LogP contribution is 2.15. The van der Waals surface area contributed by atoms with Crippen molar-refractivity contribution in [1.82, 2.24) is 0 Å². The molecule has 0 N–H and O–H groups in total. The number of hydrogen-bond acceptors (Lipinski definition) is 6. The van der Waals surface area contributed by atoms with Crippen LogP contribution >= 0.6 is 0 Å².